The summed E-state index contributed by atoms with van der Waals surface area (Å²) in [6.45, 7) is 6.06. The molecule has 0 fully saturated rings. The molecule has 3 rings (SSSR count). The Kier molecular flexibility index (Phi) is 9.14. The number of rotatable bonds is 9. The van der Waals surface area contributed by atoms with E-state index in [2.05, 4.69) is 77.3 Å². The van der Waals surface area contributed by atoms with Gasteiger partial charge in [-0.25, -0.2) is 0 Å². The van der Waals surface area contributed by atoms with E-state index in [9.17, 15) is 10.5 Å². The fourth-order valence-electron chi connectivity index (χ4n) is 4.29. The average Bonchev–Trinajstić information content (AvgIpc) is 2.85. The second-order valence-electron chi connectivity index (χ2n) is 9.27. The molecule has 0 aromatic heterocycles. The molecular weight excluding hydrogens is 553 g/mol. The monoisotopic (exact) mass is 581 g/mol. The molecule has 3 atom stereocenters. The van der Waals surface area contributed by atoms with Gasteiger partial charge in [0, 0.05) is 21.4 Å². The van der Waals surface area contributed by atoms with Crippen LogP contribution in [-0.2, 0) is 10.8 Å². The molecule has 0 saturated carbocycles. The third-order valence-corrected chi connectivity index (χ3v) is 7.42. The van der Waals surface area contributed by atoms with Crippen LogP contribution < -0.4 is 5.32 Å². The molecular formula is C29H29ClIN3. The molecule has 3 nitrogen and oxygen atoms in total. The molecule has 0 aliphatic heterocycles. The molecule has 0 heterocycles. The van der Waals surface area contributed by atoms with Crippen LogP contribution >= 0.6 is 34.2 Å². The number of benzene rings is 3. The van der Waals surface area contributed by atoms with Crippen LogP contribution in [0, 0.1) is 28.1 Å². The largest absolute Gasteiger partial charge is 0.305 e. The van der Waals surface area contributed by atoms with E-state index in [0.29, 0.717) is 10.6 Å². The van der Waals surface area contributed by atoms with Crippen LogP contribution in [0.5, 0.6) is 0 Å². The first-order valence-corrected chi connectivity index (χ1v) is 13.2. The standard InChI is InChI=1S/C29H29ClIN3/c1-20(34-28(29(2,3)19-33)25-8-5-9-26(30)16-25)27(24-7-4-6-23(14-24)18-32)15-21-10-12-22(17-31)13-11-21/h4-14,16,20,27-28,34H,15,17H2,1-3H3/t20-,27+,28?/m0/s1. The van der Waals surface area contributed by atoms with Crippen LogP contribution in [0.4, 0.5) is 0 Å². The lowest BCUT2D eigenvalue weighted by Gasteiger charge is -2.36. The van der Waals surface area contributed by atoms with Crippen molar-refractivity contribution in [2.24, 2.45) is 5.41 Å². The van der Waals surface area contributed by atoms with Crippen LogP contribution in [0.15, 0.2) is 72.8 Å². The number of nitrogens with one attached hydrogen (secondary N) is 1. The molecule has 0 bridgehead atoms. The molecule has 174 valence electrons. The third kappa shape index (κ3) is 6.60. The van der Waals surface area contributed by atoms with Gasteiger partial charge in [0.15, 0.2) is 0 Å². The van der Waals surface area contributed by atoms with Crippen molar-refractivity contribution in [2.45, 2.75) is 49.6 Å². The molecule has 3 aromatic carbocycles. The van der Waals surface area contributed by atoms with E-state index < -0.39 is 5.41 Å². The molecule has 1 N–H and O–H groups in total. The van der Waals surface area contributed by atoms with E-state index in [0.717, 1.165) is 22.0 Å². The summed E-state index contributed by atoms with van der Waals surface area (Å²) in [6, 6.07) is 28.9. The molecule has 5 heteroatoms. The minimum atomic E-state index is -0.653. The fourth-order valence-corrected chi connectivity index (χ4v) is 5.00. The molecule has 0 spiro atoms. The maximum absolute atomic E-state index is 9.96. The maximum Gasteiger partial charge on any atom is 0.0991 e. The smallest absolute Gasteiger partial charge is 0.0991 e. The van der Waals surface area contributed by atoms with Gasteiger partial charge in [0.05, 0.1) is 29.2 Å². The first kappa shape index (κ1) is 26.2. The van der Waals surface area contributed by atoms with Crippen molar-refractivity contribution in [3.05, 3.63) is 106 Å². The van der Waals surface area contributed by atoms with Crippen molar-refractivity contribution >= 4 is 34.2 Å². The van der Waals surface area contributed by atoms with Crippen molar-refractivity contribution in [2.75, 3.05) is 0 Å². The Hall–Kier alpha value is -2.38. The number of hydrogen-bond acceptors (Lipinski definition) is 3. The third-order valence-electron chi connectivity index (χ3n) is 6.30. The van der Waals surface area contributed by atoms with Gasteiger partial charge in [-0.15, -0.1) is 0 Å². The van der Waals surface area contributed by atoms with Gasteiger partial charge in [-0.3, -0.25) is 0 Å². The molecule has 1 unspecified atom stereocenters. The highest BCUT2D eigenvalue weighted by atomic mass is 127. The highest BCUT2D eigenvalue weighted by Crippen LogP contribution is 2.36. The van der Waals surface area contributed by atoms with Crippen molar-refractivity contribution in [1.29, 1.82) is 10.5 Å². The molecule has 0 radical (unpaired) electrons. The summed E-state index contributed by atoms with van der Waals surface area (Å²) in [6.07, 6.45) is 0.819. The summed E-state index contributed by atoms with van der Waals surface area (Å²) < 4.78 is 0.980. The summed E-state index contributed by atoms with van der Waals surface area (Å²) >= 11 is 8.67. The molecule has 0 aliphatic carbocycles. The molecule has 3 aromatic rings. The summed E-state index contributed by atoms with van der Waals surface area (Å²) in [7, 11) is 0. The van der Waals surface area contributed by atoms with Crippen LogP contribution in [0.1, 0.15) is 60.5 Å². The van der Waals surface area contributed by atoms with E-state index in [-0.39, 0.29) is 18.0 Å². The van der Waals surface area contributed by atoms with Crippen molar-refractivity contribution in [3.8, 4) is 12.1 Å². The normalized spacial score (nSPS) is 14.0. The van der Waals surface area contributed by atoms with E-state index >= 15 is 0 Å². The van der Waals surface area contributed by atoms with Gasteiger partial charge >= 0.3 is 0 Å². The summed E-state index contributed by atoms with van der Waals surface area (Å²) in [4.78, 5) is 0. The molecule has 0 aliphatic rings. The predicted molar refractivity (Wildman–Crippen MR) is 148 cm³/mol. The second kappa shape index (κ2) is 11.8. The van der Waals surface area contributed by atoms with Gasteiger partial charge in [0.1, 0.15) is 0 Å². The Bertz CT molecular complexity index is 1190. The Morgan fingerprint density at radius 2 is 1.59 bits per heavy atom. The lowest BCUT2D eigenvalue weighted by molar-refractivity contribution is 0.281. The SMILES string of the molecule is C[C@H](NC(c1cccc(Cl)c1)C(C)(C)C#N)[C@@H](Cc1ccc(CI)cc1)c1cccc(C#N)c1. The lowest BCUT2D eigenvalue weighted by atomic mass is 9.79. The molecule has 0 saturated heterocycles. The number of hydrogen-bond donors (Lipinski definition) is 1. The van der Waals surface area contributed by atoms with Crippen LogP contribution in [-0.4, -0.2) is 6.04 Å². The van der Waals surface area contributed by atoms with Gasteiger partial charge < -0.3 is 5.32 Å². The fraction of sp³-hybridized carbons (Fsp3) is 0.310. The topological polar surface area (TPSA) is 59.6 Å². The number of alkyl halides is 1. The average molecular weight is 582 g/mol. The highest BCUT2D eigenvalue weighted by molar-refractivity contribution is 14.1. The first-order valence-electron chi connectivity index (χ1n) is 11.3. The predicted octanol–water partition coefficient (Wildman–Crippen LogP) is 7.74. The zero-order valence-electron chi connectivity index (χ0n) is 19.7. The van der Waals surface area contributed by atoms with Crippen molar-refractivity contribution in [1.82, 2.24) is 5.32 Å². The maximum atomic E-state index is 9.96. The molecule has 34 heavy (non-hydrogen) atoms. The highest BCUT2D eigenvalue weighted by Gasteiger charge is 2.34. The van der Waals surface area contributed by atoms with E-state index in [1.807, 2.05) is 56.3 Å². The Labute approximate surface area is 221 Å². The van der Waals surface area contributed by atoms with E-state index in [4.69, 9.17) is 11.6 Å². The van der Waals surface area contributed by atoms with Crippen LogP contribution in [0.2, 0.25) is 5.02 Å². The quantitative estimate of drug-likeness (QED) is 0.208. The van der Waals surface area contributed by atoms with Crippen LogP contribution in [0.3, 0.4) is 0 Å². The van der Waals surface area contributed by atoms with Gasteiger partial charge in [-0.2, -0.15) is 10.5 Å². The van der Waals surface area contributed by atoms with E-state index in [1.54, 1.807) is 0 Å². The van der Waals surface area contributed by atoms with Crippen molar-refractivity contribution < 1.29 is 0 Å². The number of nitriles is 2. The second-order valence-corrected chi connectivity index (χ2v) is 10.5. The van der Waals surface area contributed by atoms with Gasteiger partial charge in [0.2, 0.25) is 0 Å². The Balaban J connectivity index is 1.99. The Morgan fingerprint density at radius 1 is 0.941 bits per heavy atom. The van der Waals surface area contributed by atoms with Crippen molar-refractivity contribution in [3.63, 3.8) is 0 Å². The van der Waals surface area contributed by atoms with E-state index in [1.165, 1.54) is 11.1 Å². The Morgan fingerprint density at radius 3 is 2.21 bits per heavy atom. The summed E-state index contributed by atoms with van der Waals surface area (Å²) in [5.74, 6) is 0.106. The summed E-state index contributed by atoms with van der Waals surface area (Å²) in [5.41, 5.74) is 4.64. The first-order chi connectivity index (χ1) is 16.3. The number of nitrogens with zero attached hydrogens (tertiary/aromatic N) is 2. The zero-order valence-corrected chi connectivity index (χ0v) is 22.6. The lowest BCUT2D eigenvalue weighted by Crippen LogP contribution is -2.42. The zero-order chi connectivity index (χ0) is 24.7. The minimum absolute atomic E-state index is 0.0230. The van der Waals surface area contributed by atoms with Gasteiger partial charge in [0.25, 0.3) is 0 Å². The van der Waals surface area contributed by atoms with Gasteiger partial charge in [-0.1, -0.05) is 82.7 Å². The van der Waals surface area contributed by atoms with Gasteiger partial charge in [-0.05, 0) is 73.7 Å². The minimum Gasteiger partial charge on any atom is -0.305 e. The summed E-state index contributed by atoms with van der Waals surface area (Å²) in [5, 5.41) is 23.8. The van der Waals surface area contributed by atoms with Crippen LogP contribution in [0.25, 0.3) is 0 Å². The molecule has 0 amide bonds. The number of halogens is 2.